The van der Waals surface area contributed by atoms with E-state index in [1.165, 1.54) is 0 Å². The third kappa shape index (κ3) is 5.45. The van der Waals surface area contributed by atoms with E-state index >= 15 is 0 Å². The lowest BCUT2D eigenvalue weighted by atomic mass is 10.0. The standard InChI is InChI=1S/C21H26BrN3O3/c1-14-11-15(5-7-17(14)24-19-8-6-16(22)12-23-19)18-13-25(9-10-27-18)20(26)28-21(2,3)4/h5-8,11-12,18H,9-10,13H2,1-4H3,(H,23,24). The molecule has 1 fully saturated rings. The van der Waals surface area contributed by atoms with Crippen LogP contribution in [0.5, 0.6) is 0 Å². The van der Waals surface area contributed by atoms with Gasteiger partial charge in [-0.3, -0.25) is 0 Å². The van der Waals surface area contributed by atoms with Crippen LogP contribution in [0.1, 0.15) is 38.0 Å². The molecule has 0 saturated carbocycles. The number of carbonyl (C=O) groups excluding carboxylic acids is 1. The Kier molecular flexibility index (Phi) is 6.25. The van der Waals surface area contributed by atoms with Gasteiger partial charge in [0, 0.05) is 22.9 Å². The van der Waals surface area contributed by atoms with Crippen molar-refractivity contribution in [2.45, 2.75) is 39.4 Å². The van der Waals surface area contributed by atoms with Crippen molar-refractivity contribution in [3.05, 3.63) is 52.1 Å². The molecule has 1 unspecified atom stereocenters. The largest absolute Gasteiger partial charge is 0.444 e. The molecule has 1 saturated heterocycles. The van der Waals surface area contributed by atoms with Gasteiger partial charge in [-0.2, -0.15) is 0 Å². The fraction of sp³-hybridized carbons (Fsp3) is 0.429. The van der Waals surface area contributed by atoms with Crippen LogP contribution >= 0.6 is 15.9 Å². The third-order valence-electron chi connectivity index (χ3n) is 4.33. The van der Waals surface area contributed by atoms with Crippen molar-refractivity contribution in [1.29, 1.82) is 0 Å². The van der Waals surface area contributed by atoms with Gasteiger partial charge in [-0.25, -0.2) is 9.78 Å². The number of nitrogens with zero attached hydrogens (tertiary/aromatic N) is 2. The normalized spacial score (nSPS) is 17.3. The van der Waals surface area contributed by atoms with Crippen LogP contribution < -0.4 is 5.32 Å². The quantitative estimate of drug-likeness (QED) is 0.699. The summed E-state index contributed by atoms with van der Waals surface area (Å²) >= 11 is 3.39. The smallest absolute Gasteiger partial charge is 0.410 e. The van der Waals surface area contributed by atoms with Crippen LogP contribution in [0.25, 0.3) is 0 Å². The van der Waals surface area contributed by atoms with Crippen LogP contribution in [0.4, 0.5) is 16.3 Å². The number of ether oxygens (including phenoxy) is 2. The average molecular weight is 448 g/mol. The Hall–Kier alpha value is -2.12. The fourth-order valence-electron chi connectivity index (χ4n) is 2.96. The number of anilines is 2. The highest BCUT2D eigenvalue weighted by atomic mass is 79.9. The van der Waals surface area contributed by atoms with Gasteiger partial charge >= 0.3 is 6.09 Å². The molecular weight excluding hydrogens is 422 g/mol. The molecule has 0 bridgehead atoms. The Morgan fingerprint density at radius 3 is 2.75 bits per heavy atom. The lowest BCUT2D eigenvalue weighted by Crippen LogP contribution is -2.44. The molecule has 1 aliphatic rings. The maximum absolute atomic E-state index is 12.4. The van der Waals surface area contributed by atoms with Gasteiger partial charge < -0.3 is 19.7 Å². The zero-order valence-electron chi connectivity index (χ0n) is 16.7. The highest BCUT2D eigenvalue weighted by molar-refractivity contribution is 9.10. The molecule has 1 aromatic heterocycles. The second-order valence-electron chi connectivity index (χ2n) is 7.85. The zero-order chi connectivity index (χ0) is 20.3. The lowest BCUT2D eigenvalue weighted by Gasteiger charge is -2.34. The first-order valence-corrected chi connectivity index (χ1v) is 10.1. The maximum atomic E-state index is 12.4. The first-order valence-electron chi connectivity index (χ1n) is 9.30. The molecule has 2 aromatic rings. The van der Waals surface area contributed by atoms with Crippen LogP contribution in [-0.4, -0.2) is 41.3 Å². The Morgan fingerprint density at radius 2 is 2.11 bits per heavy atom. The molecule has 1 N–H and O–H groups in total. The minimum absolute atomic E-state index is 0.167. The van der Waals surface area contributed by atoms with Crippen molar-refractivity contribution in [3.8, 4) is 0 Å². The van der Waals surface area contributed by atoms with Crippen molar-refractivity contribution >= 4 is 33.5 Å². The number of halogens is 1. The lowest BCUT2D eigenvalue weighted by molar-refractivity contribution is -0.0432. The summed E-state index contributed by atoms with van der Waals surface area (Å²) in [6, 6.07) is 9.99. The van der Waals surface area contributed by atoms with Crippen LogP contribution in [0.3, 0.4) is 0 Å². The summed E-state index contributed by atoms with van der Waals surface area (Å²) in [5.41, 5.74) is 2.61. The number of hydrogen-bond acceptors (Lipinski definition) is 5. The second kappa shape index (κ2) is 8.49. The predicted molar refractivity (Wildman–Crippen MR) is 113 cm³/mol. The summed E-state index contributed by atoms with van der Waals surface area (Å²) in [5, 5.41) is 3.33. The van der Waals surface area contributed by atoms with Crippen molar-refractivity contribution in [2.24, 2.45) is 0 Å². The molecule has 3 rings (SSSR count). The highest BCUT2D eigenvalue weighted by Gasteiger charge is 2.29. The van der Waals surface area contributed by atoms with Crippen LogP contribution in [0.2, 0.25) is 0 Å². The number of benzene rings is 1. The molecule has 1 aliphatic heterocycles. The third-order valence-corrected chi connectivity index (χ3v) is 4.80. The average Bonchev–Trinajstić information content (AvgIpc) is 2.64. The molecule has 0 spiro atoms. The molecule has 0 radical (unpaired) electrons. The number of pyridine rings is 1. The van der Waals surface area contributed by atoms with Crippen LogP contribution in [-0.2, 0) is 9.47 Å². The van der Waals surface area contributed by atoms with E-state index < -0.39 is 5.60 Å². The molecule has 0 aliphatic carbocycles. The van der Waals surface area contributed by atoms with E-state index in [0.717, 1.165) is 27.1 Å². The minimum Gasteiger partial charge on any atom is -0.444 e. The number of aryl methyl sites for hydroxylation is 1. The van der Waals surface area contributed by atoms with Gasteiger partial charge in [-0.15, -0.1) is 0 Å². The summed E-state index contributed by atoms with van der Waals surface area (Å²) in [6.45, 7) is 9.17. The summed E-state index contributed by atoms with van der Waals surface area (Å²) in [7, 11) is 0. The molecular formula is C21H26BrN3O3. The minimum atomic E-state index is -0.504. The Bertz CT molecular complexity index is 834. The van der Waals surface area contributed by atoms with Gasteiger partial charge in [0.2, 0.25) is 0 Å². The van der Waals surface area contributed by atoms with Crippen molar-refractivity contribution in [1.82, 2.24) is 9.88 Å². The van der Waals surface area contributed by atoms with E-state index in [1.807, 2.05) is 52.0 Å². The SMILES string of the molecule is Cc1cc(C2CN(C(=O)OC(C)(C)C)CCO2)ccc1Nc1ccc(Br)cn1. The van der Waals surface area contributed by atoms with E-state index in [2.05, 4.69) is 32.3 Å². The fourth-order valence-corrected chi connectivity index (χ4v) is 3.19. The molecule has 2 heterocycles. The summed E-state index contributed by atoms with van der Waals surface area (Å²) in [5.74, 6) is 0.782. The number of aromatic nitrogens is 1. The van der Waals surface area contributed by atoms with Crippen LogP contribution in [0, 0.1) is 6.92 Å². The van der Waals surface area contributed by atoms with Crippen molar-refractivity contribution in [3.63, 3.8) is 0 Å². The van der Waals surface area contributed by atoms with Gasteiger partial charge in [0.1, 0.15) is 17.5 Å². The van der Waals surface area contributed by atoms with Gasteiger partial charge in [0.05, 0.1) is 13.2 Å². The highest BCUT2D eigenvalue weighted by Crippen LogP contribution is 2.28. The molecule has 1 atom stereocenters. The van der Waals surface area contributed by atoms with E-state index in [9.17, 15) is 4.79 Å². The number of hydrogen-bond donors (Lipinski definition) is 1. The molecule has 1 amide bonds. The van der Waals surface area contributed by atoms with Gasteiger partial charge in [0.15, 0.2) is 0 Å². The van der Waals surface area contributed by atoms with E-state index in [0.29, 0.717) is 19.7 Å². The van der Waals surface area contributed by atoms with E-state index in [-0.39, 0.29) is 12.2 Å². The monoisotopic (exact) mass is 447 g/mol. The summed E-state index contributed by atoms with van der Waals surface area (Å²) in [4.78, 5) is 18.4. The molecule has 28 heavy (non-hydrogen) atoms. The predicted octanol–water partition coefficient (Wildman–Crippen LogP) is 5.20. The Labute approximate surface area is 174 Å². The van der Waals surface area contributed by atoms with Crippen molar-refractivity contribution in [2.75, 3.05) is 25.0 Å². The number of morpholine rings is 1. The Balaban J connectivity index is 1.68. The van der Waals surface area contributed by atoms with Gasteiger partial charge in [-0.05, 0) is 73.0 Å². The van der Waals surface area contributed by atoms with E-state index in [1.54, 1.807) is 11.1 Å². The summed E-state index contributed by atoms with van der Waals surface area (Å²) in [6.07, 6.45) is 1.30. The number of nitrogens with one attached hydrogen (secondary N) is 1. The molecule has 6 nitrogen and oxygen atoms in total. The second-order valence-corrected chi connectivity index (χ2v) is 8.76. The first kappa shape index (κ1) is 20.6. The Morgan fingerprint density at radius 1 is 1.32 bits per heavy atom. The topological polar surface area (TPSA) is 63.7 Å². The van der Waals surface area contributed by atoms with Crippen molar-refractivity contribution < 1.29 is 14.3 Å². The zero-order valence-corrected chi connectivity index (χ0v) is 18.2. The number of rotatable bonds is 3. The number of amides is 1. The summed E-state index contributed by atoms with van der Waals surface area (Å²) < 4.78 is 12.3. The maximum Gasteiger partial charge on any atom is 0.410 e. The molecule has 1 aromatic carbocycles. The first-order chi connectivity index (χ1) is 13.2. The number of carbonyl (C=O) groups is 1. The van der Waals surface area contributed by atoms with Crippen LogP contribution in [0.15, 0.2) is 41.0 Å². The van der Waals surface area contributed by atoms with Gasteiger partial charge in [-0.1, -0.05) is 12.1 Å². The molecule has 7 heteroatoms. The van der Waals surface area contributed by atoms with Gasteiger partial charge in [0.25, 0.3) is 0 Å². The van der Waals surface area contributed by atoms with E-state index in [4.69, 9.17) is 9.47 Å². The molecule has 150 valence electrons.